The maximum atomic E-state index is 12.7. The number of nitrogens with two attached hydrogens (primary N) is 1. The highest BCUT2D eigenvalue weighted by molar-refractivity contribution is 6.05. The molecule has 112 valence electrons. The third-order valence-corrected chi connectivity index (χ3v) is 3.54. The molecule has 3 N–H and O–H groups in total. The van der Waals surface area contributed by atoms with E-state index in [1.165, 1.54) is 6.20 Å². The van der Waals surface area contributed by atoms with E-state index >= 15 is 0 Å². The van der Waals surface area contributed by atoms with E-state index in [0.29, 0.717) is 35.4 Å². The lowest BCUT2D eigenvalue weighted by molar-refractivity contribution is 0.0753. The van der Waals surface area contributed by atoms with E-state index in [-0.39, 0.29) is 5.91 Å². The van der Waals surface area contributed by atoms with E-state index < -0.39 is 0 Å². The maximum absolute atomic E-state index is 12.7. The first kappa shape index (κ1) is 14.0. The van der Waals surface area contributed by atoms with Crippen molar-refractivity contribution in [3.8, 4) is 0 Å². The zero-order valence-corrected chi connectivity index (χ0v) is 12.2. The minimum atomic E-state index is -0.146. The largest absolute Gasteiger partial charge is 0.397 e. The molecular weight excluding hydrogens is 280 g/mol. The number of hydrogen-bond donors (Lipinski definition) is 2. The SMILES string of the molecule is CCN(Cc1ccncc1)C(=O)c1cnc2[nH]ncc2c1N. The maximum Gasteiger partial charge on any atom is 0.257 e. The Morgan fingerprint density at radius 3 is 2.82 bits per heavy atom. The van der Waals surface area contributed by atoms with Gasteiger partial charge in [0.1, 0.15) is 0 Å². The number of nitrogens with one attached hydrogen (secondary N) is 1. The molecule has 1 amide bonds. The molecule has 0 atom stereocenters. The van der Waals surface area contributed by atoms with Gasteiger partial charge in [0.05, 0.1) is 22.8 Å². The molecule has 0 aliphatic rings. The Kier molecular flexibility index (Phi) is 3.69. The van der Waals surface area contributed by atoms with Crippen LogP contribution in [0.2, 0.25) is 0 Å². The summed E-state index contributed by atoms with van der Waals surface area (Å²) >= 11 is 0. The van der Waals surface area contributed by atoms with Crippen molar-refractivity contribution < 1.29 is 4.79 Å². The van der Waals surface area contributed by atoms with Crippen molar-refractivity contribution in [2.24, 2.45) is 0 Å². The Morgan fingerprint density at radius 1 is 1.32 bits per heavy atom. The number of pyridine rings is 2. The lowest BCUT2D eigenvalue weighted by Gasteiger charge is -2.21. The van der Waals surface area contributed by atoms with Crippen LogP contribution in [0.5, 0.6) is 0 Å². The average Bonchev–Trinajstić information content (AvgIpc) is 3.03. The molecule has 7 nitrogen and oxygen atoms in total. The summed E-state index contributed by atoms with van der Waals surface area (Å²) in [6.45, 7) is 3.00. The van der Waals surface area contributed by atoms with Crippen LogP contribution in [0.3, 0.4) is 0 Å². The molecule has 0 saturated heterocycles. The van der Waals surface area contributed by atoms with Crippen molar-refractivity contribution in [1.29, 1.82) is 0 Å². The van der Waals surface area contributed by atoms with Crippen LogP contribution in [-0.4, -0.2) is 37.5 Å². The van der Waals surface area contributed by atoms with Gasteiger partial charge in [-0.1, -0.05) is 0 Å². The number of carbonyl (C=O) groups excluding carboxylic acids is 1. The molecule has 0 saturated carbocycles. The summed E-state index contributed by atoms with van der Waals surface area (Å²) < 4.78 is 0. The molecule has 0 fully saturated rings. The molecule has 3 rings (SSSR count). The zero-order chi connectivity index (χ0) is 15.5. The van der Waals surface area contributed by atoms with Crippen LogP contribution in [0, 0.1) is 0 Å². The summed E-state index contributed by atoms with van der Waals surface area (Å²) in [6, 6.07) is 3.77. The quantitative estimate of drug-likeness (QED) is 0.761. The van der Waals surface area contributed by atoms with Crippen molar-refractivity contribution in [3.63, 3.8) is 0 Å². The molecule has 0 aliphatic heterocycles. The number of nitrogens with zero attached hydrogens (tertiary/aromatic N) is 4. The number of nitrogen functional groups attached to an aromatic ring is 1. The predicted octanol–water partition coefficient (Wildman–Crippen LogP) is 1.60. The molecular formula is C15H16N6O. The van der Waals surface area contributed by atoms with Gasteiger partial charge in [-0.15, -0.1) is 0 Å². The van der Waals surface area contributed by atoms with Crippen LogP contribution >= 0.6 is 0 Å². The topological polar surface area (TPSA) is 101 Å². The first-order chi connectivity index (χ1) is 10.7. The molecule has 3 aromatic rings. The van der Waals surface area contributed by atoms with E-state index in [0.717, 1.165) is 5.56 Å². The van der Waals surface area contributed by atoms with Crippen LogP contribution in [0.25, 0.3) is 11.0 Å². The Morgan fingerprint density at radius 2 is 2.09 bits per heavy atom. The highest BCUT2D eigenvalue weighted by Gasteiger charge is 2.19. The van der Waals surface area contributed by atoms with Crippen molar-refractivity contribution in [2.75, 3.05) is 12.3 Å². The fraction of sp³-hybridized carbons (Fsp3) is 0.200. The number of hydrogen-bond acceptors (Lipinski definition) is 5. The average molecular weight is 296 g/mol. The Labute approximate surface area is 127 Å². The molecule has 3 heterocycles. The third kappa shape index (κ3) is 2.48. The minimum Gasteiger partial charge on any atom is -0.397 e. The summed E-state index contributed by atoms with van der Waals surface area (Å²) in [5, 5.41) is 7.29. The number of anilines is 1. The predicted molar refractivity (Wildman–Crippen MR) is 83.0 cm³/mol. The van der Waals surface area contributed by atoms with E-state index in [1.807, 2.05) is 19.1 Å². The molecule has 0 radical (unpaired) electrons. The van der Waals surface area contributed by atoms with Gasteiger partial charge in [0.2, 0.25) is 0 Å². The second-order valence-corrected chi connectivity index (χ2v) is 4.89. The third-order valence-electron chi connectivity index (χ3n) is 3.54. The molecule has 22 heavy (non-hydrogen) atoms. The Bertz CT molecular complexity index is 798. The fourth-order valence-corrected chi connectivity index (χ4v) is 2.30. The van der Waals surface area contributed by atoms with Gasteiger partial charge in [-0.05, 0) is 24.6 Å². The number of fused-ring (bicyclic) bond motifs is 1. The van der Waals surface area contributed by atoms with Crippen molar-refractivity contribution in [2.45, 2.75) is 13.5 Å². The Hall–Kier alpha value is -2.96. The number of aromatic nitrogens is 4. The van der Waals surface area contributed by atoms with Gasteiger partial charge in [0.15, 0.2) is 5.65 Å². The van der Waals surface area contributed by atoms with Gasteiger partial charge in [0, 0.05) is 31.7 Å². The van der Waals surface area contributed by atoms with Crippen LogP contribution in [-0.2, 0) is 6.54 Å². The first-order valence-electron chi connectivity index (χ1n) is 6.96. The highest BCUT2D eigenvalue weighted by atomic mass is 16.2. The van der Waals surface area contributed by atoms with Gasteiger partial charge < -0.3 is 10.6 Å². The minimum absolute atomic E-state index is 0.146. The smallest absolute Gasteiger partial charge is 0.257 e. The number of H-pyrrole nitrogens is 1. The molecule has 0 unspecified atom stereocenters. The molecule has 3 aromatic heterocycles. The van der Waals surface area contributed by atoms with E-state index in [4.69, 9.17) is 5.73 Å². The Balaban J connectivity index is 1.91. The van der Waals surface area contributed by atoms with E-state index in [9.17, 15) is 4.79 Å². The van der Waals surface area contributed by atoms with Crippen molar-refractivity contribution >= 4 is 22.6 Å². The zero-order valence-electron chi connectivity index (χ0n) is 12.2. The summed E-state index contributed by atoms with van der Waals surface area (Å²) in [5.74, 6) is -0.146. The molecule has 7 heteroatoms. The second kappa shape index (κ2) is 5.80. The highest BCUT2D eigenvalue weighted by Crippen LogP contribution is 2.22. The van der Waals surface area contributed by atoms with Crippen LogP contribution in [0.4, 0.5) is 5.69 Å². The number of aromatic amines is 1. The van der Waals surface area contributed by atoms with Gasteiger partial charge in [0.25, 0.3) is 5.91 Å². The number of rotatable bonds is 4. The second-order valence-electron chi connectivity index (χ2n) is 4.89. The summed E-state index contributed by atoms with van der Waals surface area (Å²) in [6.07, 6.45) is 6.49. The first-order valence-corrected chi connectivity index (χ1v) is 6.96. The van der Waals surface area contributed by atoms with Gasteiger partial charge in [-0.3, -0.25) is 14.9 Å². The summed E-state index contributed by atoms with van der Waals surface area (Å²) in [4.78, 5) is 22.6. The lowest BCUT2D eigenvalue weighted by atomic mass is 10.1. The van der Waals surface area contributed by atoms with Crippen LogP contribution < -0.4 is 5.73 Å². The van der Waals surface area contributed by atoms with Gasteiger partial charge >= 0.3 is 0 Å². The van der Waals surface area contributed by atoms with Crippen molar-refractivity contribution in [3.05, 3.63) is 48.0 Å². The van der Waals surface area contributed by atoms with E-state index in [2.05, 4.69) is 20.2 Å². The molecule has 0 spiro atoms. The normalized spacial score (nSPS) is 10.8. The lowest BCUT2D eigenvalue weighted by Crippen LogP contribution is -2.31. The van der Waals surface area contributed by atoms with Gasteiger partial charge in [-0.2, -0.15) is 5.10 Å². The van der Waals surface area contributed by atoms with Crippen molar-refractivity contribution in [1.82, 2.24) is 25.1 Å². The van der Waals surface area contributed by atoms with E-state index in [1.54, 1.807) is 23.5 Å². The number of carbonyl (C=O) groups is 1. The van der Waals surface area contributed by atoms with Gasteiger partial charge in [-0.25, -0.2) is 4.98 Å². The number of amides is 1. The van der Waals surface area contributed by atoms with Crippen LogP contribution in [0.15, 0.2) is 36.9 Å². The monoisotopic (exact) mass is 296 g/mol. The van der Waals surface area contributed by atoms with Crippen LogP contribution in [0.1, 0.15) is 22.8 Å². The standard InChI is InChI=1S/C15H16N6O/c1-2-21(9-10-3-5-17-6-4-10)15(22)12-7-18-14-11(13(12)16)8-19-20-14/h3-8H,2,9H2,1H3,(H3,16,18,19,20). The molecule has 0 bridgehead atoms. The fourth-order valence-electron chi connectivity index (χ4n) is 2.30. The summed E-state index contributed by atoms with van der Waals surface area (Å²) in [5.41, 5.74) is 8.48. The molecule has 0 aromatic carbocycles. The molecule has 0 aliphatic carbocycles. The summed E-state index contributed by atoms with van der Waals surface area (Å²) in [7, 11) is 0.